The topological polar surface area (TPSA) is 3.24 Å². The molecular formula is C54H35NS. The number of fused-ring (bicyclic) bond motifs is 8. The van der Waals surface area contributed by atoms with Gasteiger partial charge in [-0.25, -0.2) is 0 Å². The first-order valence-electron chi connectivity index (χ1n) is 19.2. The van der Waals surface area contributed by atoms with Crippen LogP contribution in [0, 0.1) is 0 Å². The molecule has 1 heterocycles. The number of hydrogen-bond acceptors (Lipinski definition) is 2. The molecule has 0 atom stereocenters. The molecule has 0 aliphatic carbocycles. The standard InChI is InChI=1S/C54H35NS/c1-2-15-36(16-3-1)37-29-32-40(33-30-37)55(51-27-14-18-38-31-34-48-47-25-11-13-28-52(47)56-54(48)53(38)51)50-26-12-10-24-46(50)43-21-7-9-23-45(43)49-35-39-17-4-5-19-41(39)42-20-6-8-22-44(42)49/h1-35H. The number of rotatable bonds is 6. The third-order valence-electron chi connectivity index (χ3n) is 11.3. The summed E-state index contributed by atoms with van der Waals surface area (Å²) in [5.74, 6) is 0. The van der Waals surface area contributed by atoms with Gasteiger partial charge in [-0.15, -0.1) is 11.3 Å². The van der Waals surface area contributed by atoms with Crippen molar-refractivity contribution >= 4 is 80.9 Å². The largest absolute Gasteiger partial charge is 0.309 e. The van der Waals surface area contributed by atoms with Crippen LogP contribution < -0.4 is 4.90 Å². The lowest BCUT2D eigenvalue weighted by atomic mass is 9.88. The van der Waals surface area contributed by atoms with Gasteiger partial charge < -0.3 is 4.90 Å². The first-order chi connectivity index (χ1) is 27.8. The molecule has 56 heavy (non-hydrogen) atoms. The van der Waals surface area contributed by atoms with Crippen molar-refractivity contribution in [3.63, 3.8) is 0 Å². The zero-order valence-corrected chi connectivity index (χ0v) is 31.4. The van der Waals surface area contributed by atoms with Crippen molar-refractivity contribution in [1.82, 2.24) is 0 Å². The van der Waals surface area contributed by atoms with E-state index < -0.39 is 0 Å². The molecule has 0 bridgehead atoms. The molecule has 1 aromatic heterocycles. The van der Waals surface area contributed by atoms with Crippen LogP contribution in [-0.2, 0) is 0 Å². The Balaban J connectivity index is 1.18. The van der Waals surface area contributed by atoms with E-state index in [-0.39, 0.29) is 0 Å². The van der Waals surface area contributed by atoms with Crippen LogP contribution in [0.2, 0.25) is 0 Å². The molecular weight excluding hydrogens is 695 g/mol. The van der Waals surface area contributed by atoms with Crippen molar-refractivity contribution in [2.75, 3.05) is 4.90 Å². The highest BCUT2D eigenvalue weighted by Crippen LogP contribution is 2.49. The van der Waals surface area contributed by atoms with Crippen molar-refractivity contribution in [1.29, 1.82) is 0 Å². The summed E-state index contributed by atoms with van der Waals surface area (Å²) in [5.41, 5.74) is 10.6. The smallest absolute Gasteiger partial charge is 0.0554 e. The van der Waals surface area contributed by atoms with E-state index in [4.69, 9.17) is 0 Å². The zero-order valence-electron chi connectivity index (χ0n) is 30.6. The monoisotopic (exact) mass is 729 g/mol. The van der Waals surface area contributed by atoms with Gasteiger partial charge in [-0.3, -0.25) is 0 Å². The molecule has 262 valence electrons. The Morgan fingerprint density at radius 1 is 0.321 bits per heavy atom. The van der Waals surface area contributed by atoms with Gasteiger partial charge in [0, 0.05) is 36.8 Å². The van der Waals surface area contributed by atoms with Gasteiger partial charge in [0.25, 0.3) is 0 Å². The molecule has 0 radical (unpaired) electrons. The fourth-order valence-corrected chi connectivity index (χ4v) is 9.95. The molecule has 0 spiro atoms. The molecule has 0 saturated carbocycles. The van der Waals surface area contributed by atoms with E-state index in [1.807, 2.05) is 11.3 Å². The molecule has 0 fully saturated rings. The summed E-state index contributed by atoms with van der Waals surface area (Å²) >= 11 is 1.89. The van der Waals surface area contributed by atoms with Crippen LogP contribution in [0.25, 0.3) is 85.9 Å². The maximum Gasteiger partial charge on any atom is 0.0554 e. The third kappa shape index (κ3) is 5.30. The van der Waals surface area contributed by atoms with Crippen LogP contribution >= 0.6 is 11.3 Å². The molecule has 1 nitrogen and oxygen atoms in total. The van der Waals surface area contributed by atoms with Gasteiger partial charge >= 0.3 is 0 Å². The Hall–Kier alpha value is -7.00. The van der Waals surface area contributed by atoms with Gasteiger partial charge in [-0.05, 0) is 91.1 Å². The van der Waals surface area contributed by atoms with Crippen LogP contribution in [0.1, 0.15) is 0 Å². The number of benzene rings is 10. The van der Waals surface area contributed by atoms with E-state index >= 15 is 0 Å². The molecule has 0 aliphatic heterocycles. The third-order valence-corrected chi connectivity index (χ3v) is 12.5. The van der Waals surface area contributed by atoms with E-state index in [2.05, 4.69) is 217 Å². The van der Waals surface area contributed by atoms with Gasteiger partial charge in [-0.1, -0.05) is 176 Å². The minimum absolute atomic E-state index is 1.11. The van der Waals surface area contributed by atoms with E-state index in [0.29, 0.717) is 0 Å². The number of thiophene rings is 1. The van der Waals surface area contributed by atoms with Crippen LogP contribution in [0.3, 0.4) is 0 Å². The first kappa shape index (κ1) is 32.4. The lowest BCUT2D eigenvalue weighted by molar-refractivity contribution is 1.30. The highest BCUT2D eigenvalue weighted by Gasteiger charge is 2.23. The van der Waals surface area contributed by atoms with E-state index in [1.54, 1.807) is 0 Å². The van der Waals surface area contributed by atoms with E-state index in [9.17, 15) is 0 Å². The molecule has 2 heteroatoms. The molecule has 0 aliphatic rings. The first-order valence-corrected chi connectivity index (χ1v) is 20.0. The van der Waals surface area contributed by atoms with Crippen molar-refractivity contribution in [3.8, 4) is 33.4 Å². The van der Waals surface area contributed by atoms with Crippen molar-refractivity contribution in [3.05, 3.63) is 212 Å². The predicted molar refractivity (Wildman–Crippen MR) is 243 cm³/mol. The Kier molecular flexibility index (Phi) is 7.75. The molecule has 11 aromatic rings. The fraction of sp³-hybridized carbons (Fsp3) is 0. The number of hydrogen-bond donors (Lipinski definition) is 0. The Labute approximate surface area is 330 Å². The van der Waals surface area contributed by atoms with Gasteiger partial charge in [0.15, 0.2) is 0 Å². The van der Waals surface area contributed by atoms with Crippen molar-refractivity contribution < 1.29 is 0 Å². The van der Waals surface area contributed by atoms with Gasteiger partial charge in [-0.2, -0.15) is 0 Å². The highest BCUT2D eigenvalue weighted by atomic mass is 32.1. The minimum atomic E-state index is 1.11. The van der Waals surface area contributed by atoms with Crippen LogP contribution in [0.15, 0.2) is 212 Å². The maximum atomic E-state index is 2.49. The zero-order chi connectivity index (χ0) is 37.0. The number of nitrogens with zero attached hydrogens (tertiary/aromatic N) is 1. The van der Waals surface area contributed by atoms with E-state index in [0.717, 1.165) is 17.1 Å². The van der Waals surface area contributed by atoms with Gasteiger partial charge in [0.2, 0.25) is 0 Å². The summed E-state index contributed by atoms with van der Waals surface area (Å²) < 4.78 is 2.62. The Morgan fingerprint density at radius 3 is 1.73 bits per heavy atom. The summed E-state index contributed by atoms with van der Waals surface area (Å²) in [6.45, 7) is 0. The van der Waals surface area contributed by atoms with Crippen LogP contribution in [0.4, 0.5) is 17.1 Å². The Morgan fingerprint density at radius 2 is 0.911 bits per heavy atom. The second-order valence-corrected chi connectivity index (χ2v) is 15.5. The van der Waals surface area contributed by atoms with Crippen molar-refractivity contribution in [2.45, 2.75) is 0 Å². The highest BCUT2D eigenvalue weighted by molar-refractivity contribution is 7.26. The molecule has 0 saturated heterocycles. The van der Waals surface area contributed by atoms with Gasteiger partial charge in [0.05, 0.1) is 11.4 Å². The van der Waals surface area contributed by atoms with E-state index in [1.165, 1.54) is 85.9 Å². The lowest BCUT2D eigenvalue weighted by Crippen LogP contribution is -2.12. The SMILES string of the molecule is c1ccc(-c2ccc(N(c3ccccc3-c3ccccc3-c3cc4ccccc4c4ccccc34)c3cccc4ccc5c6ccccc6sc5c34)cc2)cc1. The summed E-state index contributed by atoms with van der Waals surface area (Å²) in [6.07, 6.45) is 0. The quantitative estimate of drug-likeness (QED) is 0.154. The second-order valence-electron chi connectivity index (χ2n) is 14.4. The molecule has 0 unspecified atom stereocenters. The summed E-state index contributed by atoms with van der Waals surface area (Å²) in [5, 5.41) is 10.1. The second kappa shape index (κ2) is 13.4. The molecule has 0 N–H and O–H groups in total. The normalized spacial score (nSPS) is 11.6. The average molecular weight is 730 g/mol. The number of anilines is 3. The fourth-order valence-electron chi connectivity index (χ4n) is 8.69. The van der Waals surface area contributed by atoms with Crippen molar-refractivity contribution in [2.24, 2.45) is 0 Å². The predicted octanol–water partition coefficient (Wildman–Crippen LogP) is 16.0. The summed E-state index contributed by atoms with van der Waals surface area (Å²) in [6, 6.07) is 77.7. The van der Waals surface area contributed by atoms with Crippen LogP contribution in [-0.4, -0.2) is 0 Å². The average Bonchev–Trinajstić information content (AvgIpc) is 3.66. The number of para-hydroxylation sites is 1. The summed E-state index contributed by atoms with van der Waals surface area (Å²) in [4.78, 5) is 2.49. The van der Waals surface area contributed by atoms with Crippen LogP contribution in [0.5, 0.6) is 0 Å². The lowest BCUT2D eigenvalue weighted by Gasteiger charge is -2.30. The Bertz CT molecular complexity index is 3250. The molecule has 11 rings (SSSR count). The molecule has 10 aromatic carbocycles. The molecule has 0 amide bonds. The maximum absolute atomic E-state index is 2.49. The minimum Gasteiger partial charge on any atom is -0.309 e. The van der Waals surface area contributed by atoms with Gasteiger partial charge in [0.1, 0.15) is 0 Å². The summed E-state index contributed by atoms with van der Waals surface area (Å²) in [7, 11) is 0.